The van der Waals surface area contributed by atoms with E-state index in [-0.39, 0.29) is 0 Å². The van der Waals surface area contributed by atoms with Crippen LogP contribution in [0.4, 0.5) is 43.9 Å². The Labute approximate surface area is 241 Å². The Kier molecular flexibility index (Phi) is 7.15. The number of benzene rings is 6. The van der Waals surface area contributed by atoms with Gasteiger partial charge in [-0.25, -0.2) is 43.9 Å². The quantitative estimate of drug-likeness (QED) is 0.0611. The van der Waals surface area contributed by atoms with Gasteiger partial charge in [-0.15, -0.1) is 0 Å². The van der Waals surface area contributed by atoms with Gasteiger partial charge in [-0.05, 0) is 67.7 Å². The van der Waals surface area contributed by atoms with Crippen LogP contribution in [0.1, 0.15) is 22.3 Å². The number of hydrogen-bond donors (Lipinski definition) is 0. The SMILES string of the molecule is Fc1c(F)c(F)c(/C=C/c2ccc3c(ccc4c5ccc(/C=C/c6c(F)c(F)c(F)c(F)c6F)cc5ccc34)c2)c(F)c1F. The van der Waals surface area contributed by atoms with E-state index in [1.165, 1.54) is 12.2 Å². The third-order valence-corrected chi connectivity index (χ3v) is 7.25. The Morgan fingerprint density at radius 2 is 0.591 bits per heavy atom. The molecule has 0 bridgehead atoms. The molecule has 6 aromatic carbocycles. The Morgan fingerprint density at radius 1 is 0.295 bits per heavy atom. The highest BCUT2D eigenvalue weighted by molar-refractivity contribution is 6.17. The molecule has 220 valence electrons. The molecule has 0 heterocycles. The van der Waals surface area contributed by atoms with Gasteiger partial charge in [0.1, 0.15) is 0 Å². The molecule has 0 atom stereocenters. The van der Waals surface area contributed by atoms with Gasteiger partial charge in [-0.1, -0.05) is 60.7 Å². The minimum atomic E-state index is -2.24. The lowest BCUT2D eigenvalue weighted by atomic mass is 9.95. The maximum Gasteiger partial charge on any atom is 0.200 e. The van der Waals surface area contributed by atoms with Gasteiger partial charge in [0.25, 0.3) is 0 Å². The first-order valence-electron chi connectivity index (χ1n) is 12.8. The highest BCUT2D eigenvalue weighted by atomic mass is 19.2. The summed E-state index contributed by atoms with van der Waals surface area (Å²) in [5.74, 6) is -20.4. The summed E-state index contributed by atoms with van der Waals surface area (Å²) in [6.07, 6.45) is 4.07. The van der Waals surface area contributed by atoms with Crippen LogP contribution in [0.2, 0.25) is 0 Å². The van der Waals surface area contributed by atoms with Crippen molar-refractivity contribution in [1.82, 2.24) is 0 Å². The Hall–Kier alpha value is -5.12. The Bertz CT molecular complexity index is 2010. The van der Waals surface area contributed by atoms with E-state index in [2.05, 4.69) is 0 Å². The van der Waals surface area contributed by atoms with E-state index in [1.807, 2.05) is 12.1 Å². The van der Waals surface area contributed by atoms with Crippen molar-refractivity contribution in [3.8, 4) is 0 Å². The van der Waals surface area contributed by atoms with Crippen LogP contribution in [0.3, 0.4) is 0 Å². The van der Waals surface area contributed by atoms with Crippen molar-refractivity contribution < 1.29 is 43.9 Å². The summed E-state index contributed by atoms with van der Waals surface area (Å²) >= 11 is 0. The zero-order valence-electron chi connectivity index (χ0n) is 21.9. The number of rotatable bonds is 4. The summed E-state index contributed by atoms with van der Waals surface area (Å²) in [4.78, 5) is 0. The molecule has 0 unspecified atom stereocenters. The first-order chi connectivity index (χ1) is 21.0. The lowest BCUT2D eigenvalue weighted by molar-refractivity contribution is 0.377. The first kappa shape index (κ1) is 29.0. The summed E-state index contributed by atoms with van der Waals surface area (Å²) in [6, 6.07) is 17.3. The van der Waals surface area contributed by atoms with Crippen LogP contribution in [0.5, 0.6) is 0 Å². The molecule has 0 aliphatic heterocycles. The lowest BCUT2D eigenvalue weighted by Crippen LogP contribution is -2.03. The Balaban J connectivity index is 1.35. The van der Waals surface area contributed by atoms with Gasteiger partial charge in [0.05, 0.1) is 11.1 Å². The molecule has 0 aliphatic carbocycles. The van der Waals surface area contributed by atoms with Gasteiger partial charge >= 0.3 is 0 Å². The number of fused-ring (bicyclic) bond motifs is 5. The molecule has 0 nitrogen and oxygen atoms in total. The third-order valence-electron chi connectivity index (χ3n) is 7.25. The number of halogens is 10. The van der Waals surface area contributed by atoms with E-state index in [4.69, 9.17) is 0 Å². The molecule has 0 radical (unpaired) electrons. The minimum absolute atomic E-state index is 0.437. The summed E-state index contributed by atoms with van der Waals surface area (Å²) in [5, 5.41) is 4.70. The molecule has 6 rings (SSSR count). The van der Waals surface area contributed by atoms with Crippen molar-refractivity contribution in [2.45, 2.75) is 0 Å². The molecule has 0 spiro atoms. The smallest absolute Gasteiger partial charge is 0.200 e. The summed E-state index contributed by atoms with van der Waals surface area (Å²) in [6.45, 7) is 0. The molecular formula is C34H14F10. The molecule has 0 aliphatic rings. The molecule has 6 aromatic rings. The second-order valence-electron chi connectivity index (χ2n) is 9.82. The van der Waals surface area contributed by atoms with Crippen LogP contribution in [-0.2, 0) is 0 Å². The van der Waals surface area contributed by atoms with Crippen LogP contribution in [0.25, 0.3) is 56.6 Å². The highest BCUT2D eigenvalue weighted by Gasteiger charge is 2.25. The molecule has 0 fully saturated rings. The molecule has 44 heavy (non-hydrogen) atoms. The molecular weight excluding hydrogens is 598 g/mol. The van der Waals surface area contributed by atoms with Crippen LogP contribution in [-0.4, -0.2) is 0 Å². The van der Waals surface area contributed by atoms with Gasteiger partial charge in [0.2, 0.25) is 11.6 Å². The van der Waals surface area contributed by atoms with Crippen molar-refractivity contribution in [1.29, 1.82) is 0 Å². The summed E-state index contributed by atoms with van der Waals surface area (Å²) < 4.78 is 137. The maximum absolute atomic E-state index is 14.0. The minimum Gasteiger partial charge on any atom is -0.203 e. The lowest BCUT2D eigenvalue weighted by Gasteiger charge is -2.09. The zero-order valence-corrected chi connectivity index (χ0v) is 21.9. The van der Waals surface area contributed by atoms with E-state index in [0.29, 0.717) is 11.1 Å². The fourth-order valence-electron chi connectivity index (χ4n) is 5.03. The average Bonchev–Trinajstić information content (AvgIpc) is 3.03. The topological polar surface area (TPSA) is 0 Å². The largest absolute Gasteiger partial charge is 0.203 e. The second kappa shape index (κ2) is 10.9. The highest BCUT2D eigenvalue weighted by Crippen LogP contribution is 2.33. The number of hydrogen-bond acceptors (Lipinski definition) is 0. The second-order valence-corrected chi connectivity index (χ2v) is 9.82. The molecule has 10 heteroatoms. The fraction of sp³-hybridized carbons (Fsp3) is 0. The summed E-state index contributed by atoms with van der Waals surface area (Å²) in [7, 11) is 0. The maximum atomic E-state index is 14.0. The fourth-order valence-corrected chi connectivity index (χ4v) is 5.03. The van der Waals surface area contributed by atoms with Crippen molar-refractivity contribution in [3.63, 3.8) is 0 Å². The van der Waals surface area contributed by atoms with Crippen LogP contribution >= 0.6 is 0 Å². The van der Waals surface area contributed by atoms with Crippen LogP contribution < -0.4 is 0 Å². The van der Waals surface area contributed by atoms with Gasteiger partial charge in [0, 0.05) is 0 Å². The molecule has 0 aromatic heterocycles. The van der Waals surface area contributed by atoms with Crippen LogP contribution in [0, 0.1) is 58.2 Å². The zero-order chi connectivity index (χ0) is 31.4. The van der Waals surface area contributed by atoms with E-state index in [9.17, 15) is 43.9 Å². The average molecular weight is 612 g/mol. The van der Waals surface area contributed by atoms with E-state index in [1.54, 1.807) is 48.5 Å². The molecule has 0 saturated carbocycles. The predicted molar refractivity (Wildman–Crippen MR) is 149 cm³/mol. The van der Waals surface area contributed by atoms with Gasteiger partial charge in [-0.3, -0.25) is 0 Å². The first-order valence-corrected chi connectivity index (χ1v) is 12.8. The third kappa shape index (κ3) is 4.67. The van der Waals surface area contributed by atoms with Crippen molar-refractivity contribution in [2.24, 2.45) is 0 Å². The van der Waals surface area contributed by atoms with E-state index in [0.717, 1.165) is 44.5 Å². The van der Waals surface area contributed by atoms with Crippen molar-refractivity contribution in [3.05, 3.63) is 141 Å². The summed E-state index contributed by atoms with van der Waals surface area (Å²) in [5.41, 5.74) is -1.25. The van der Waals surface area contributed by atoms with Crippen molar-refractivity contribution in [2.75, 3.05) is 0 Å². The monoisotopic (exact) mass is 612 g/mol. The normalized spacial score (nSPS) is 12.1. The standard InChI is InChI=1S/C34H14F10/c35-25-23(26(36)30(40)33(43)29(25)39)9-3-15-1-7-19-17(13-15)5-12-22-20-8-2-16(14-18(20)6-11-21(19)22)4-10-24-27(37)31(41)34(44)32(42)28(24)38/h1-14H/b9-3+,10-4+. The molecule has 0 saturated heterocycles. The molecule has 0 amide bonds. The van der Waals surface area contributed by atoms with Crippen molar-refractivity contribution >= 4 is 56.6 Å². The van der Waals surface area contributed by atoms with Crippen LogP contribution in [0.15, 0.2) is 60.7 Å². The Morgan fingerprint density at radius 3 is 0.932 bits per heavy atom. The van der Waals surface area contributed by atoms with Gasteiger partial charge in [0.15, 0.2) is 46.5 Å². The van der Waals surface area contributed by atoms with Gasteiger partial charge in [-0.2, -0.15) is 0 Å². The molecule has 0 N–H and O–H groups in total. The van der Waals surface area contributed by atoms with E-state index >= 15 is 0 Å². The van der Waals surface area contributed by atoms with Gasteiger partial charge < -0.3 is 0 Å². The predicted octanol–water partition coefficient (Wildman–Crippen LogP) is 10.9. The van der Waals surface area contributed by atoms with E-state index < -0.39 is 69.3 Å².